The monoisotopic (exact) mass is 433 g/mol. The lowest BCUT2D eigenvalue weighted by atomic mass is 10.0. The molecule has 31 heavy (non-hydrogen) atoms. The Kier molecular flexibility index (Phi) is 5.96. The fourth-order valence-electron chi connectivity index (χ4n) is 3.68. The van der Waals surface area contributed by atoms with E-state index in [1.165, 1.54) is 18.2 Å². The summed E-state index contributed by atoms with van der Waals surface area (Å²) in [6.45, 7) is 4.59. The number of aryl methyl sites for hydroxylation is 2. The van der Waals surface area contributed by atoms with E-state index in [9.17, 15) is 9.18 Å². The van der Waals surface area contributed by atoms with E-state index in [1.54, 1.807) is 23.4 Å². The van der Waals surface area contributed by atoms with Gasteiger partial charge in [0.1, 0.15) is 11.0 Å². The van der Waals surface area contributed by atoms with Crippen LogP contribution in [0.1, 0.15) is 32.6 Å². The quantitative estimate of drug-likeness (QED) is 0.369. The van der Waals surface area contributed by atoms with Gasteiger partial charge in [0.15, 0.2) is 0 Å². The van der Waals surface area contributed by atoms with Crippen molar-refractivity contribution in [2.24, 2.45) is 0 Å². The lowest BCUT2D eigenvalue weighted by Gasteiger charge is -2.24. The smallest absolute Gasteiger partial charge is 0.254 e. The van der Waals surface area contributed by atoms with Gasteiger partial charge in [-0.05, 0) is 66.9 Å². The molecule has 0 saturated carbocycles. The van der Waals surface area contributed by atoms with Crippen LogP contribution < -0.4 is 0 Å². The zero-order valence-corrected chi connectivity index (χ0v) is 18.0. The van der Waals surface area contributed by atoms with Gasteiger partial charge in [0.2, 0.25) is 0 Å². The van der Waals surface area contributed by atoms with E-state index in [4.69, 9.17) is 11.6 Å². The lowest BCUT2D eigenvalue weighted by Crippen LogP contribution is -2.30. The normalized spacial score (nSPS) is 11.0. The summed E-state index contributed by atoms with van der Waals surface area (Å²) in [6, 6.07) is 15.5. The van der Waals surface area contributed by atoms with E-state index in [0.717, 1.165) is 33.2 Å². The minimum absolute atomic E-state index is 0.235. The molecule has 1 amide bonds. The second-order valence-corrected chi connectivity index (χ2v) is 7.98. The average molecular weight is 434 g/mol. The maximum atomic E-state index is 13.7. The van der Waals surface area contributed by atoms with Crippen LogP contribution in [0.25, 0.3) is 10.9 Å². The van der Waals surface area contributed by atoms with E-state index in [2.05, 4.69) is 16.0 Å². The SMILES string of the molecule is Cc1cc(C)c2cc(CN(Cc3cccnc3)C(=O)c3cccc(F)c3)c(Cl)nc2c1. The summed E-state index contributed by atoms with van der Waals surface area (Å²) in [5, 5.41) is 1.34. The summed E-state index contributed by atoms with van der Waals surface area (Å²) >= 11 is 6.51. The highest BCUT2D eigenvalue weighted by Crippen LogP contribution is 2.26. The molecule has 2 aromatic heterocycles. The Labute approximate surface area is 185 Å². The van der Waals surface area contributed by atoms with Crippen molar-refractivity contribution in [1.82, 2.24) is 14.9 Å². The molecule has 0 unspecified atom stereocenters. The number of halogens is 2. The van der Waals surface area contributed by atoms with Crippen molar-refractivity contribution in [3.05, 3.63) is 106 Å². The molecule has 0 N–H and O–H groups in total. The van der Waals surface area contributed by atoms with Gasteiger partial charge >= 0.3 is 0 Å². The van der Waals surface area contributed by atoms with Crippen LogP contribution in [0.3, 0.4) is 0 Å². The summed E-state index contributed by atoms with van der Waals surface area (Å²) < 4.78 is 13.7. The van der Waals surface area contributed by atoms with Crippen molar-refractivity contribution in [3.63, 3.8) is 0 Å². The topological polar surface area (TPSA) is 46.1 Å². The van der Waals surface area contributed by atoms with Crippen molar-refractivity contribution in [2.45, 2.75) is 26.9 Å². The number of nitrogens with zero attached hydrogens (tertiary/aromatic N) is 3. The van der Waals surface area contributed by atoms with Gasteiger partial charge in [-0.25, -0.2) is 9.37 Å². The van der Waals surface area contributed by atoms with Crippen LogP contribution >= 0.6 is 11.6 Å². The first kappa shape index (κ1) is 20.9. The number of fused-ring (bicyclic) bond motifs is 1. The molecule has 6 heteroatoms. The molecule has 2 aromatic carbocycles. The van der Waals surface area contributed by atoms with Gasteiger partial charge in [0, 0.05) is 42.0 Å². The molecule has 0 aliphatic carbocycles. The molecular formula is C25H21ClFN3O. The number of benzene rings is 2. The average Bonchev–Trinajstić information content (AvgIpc) is 2.74. The fourth-order valence-corrected chi connectivity index (χ4v) is 3.89. The molecule has 0 fully saturated rings. The summed E-state index contributed by atoms with van der Waals surface area (Å²) in [4.78, 5) is 23.6. The fraction of sp³-hybridized carbons (Fsp3) is 0.160. The number of carbonyl (C=O) groups is 1. The summed E-state index contributed by atoms with van der Waals surface area (Å²) in [6.07, 6.45) is 3.39. The van der Waals surface area contributed by atoms with Gasteiger partial charge in [-0.3, -0.25) is 9.78 Å². The first-order chi connectivity index (χ1) is 14.9. The van der Waals surface area contributed by atoms with Crippen molar-refractivity contribution in [1.29, 1.82) is 0 Å². The van der Waals surface area contributed by atoms with Crippen molar-refractivity contribution in [2.75, 3.05) is 0 Å². The highest BCUT2D eigenvalue weighted by atomic mass is 35.5. The Morgan fingerprint density at radius 2 is 1.90 bits per heavy atom. The number of carbonyl (C=O) groups excluding carboxylic acids is 1. The Balaban J connectivity index is 1.73. The zero-order chi connectivity index (χ0) is 22.0. The molecule has 4 rings (SSSR count). The third-order valence-electron chi connectivity index (χ3n) is 5.13. The van der Waals surface area contributed by atoms with Crippen molar-refractivity contribution >= 4 is 28.4 Å². The molecule has 156 valence electrons. The van der Waals surface area contributed by atoms with E-state index >= 15 is 0 Å². The third-order valence-corrected chi connectivity index (χ3v) is 5.45. The molecule has 4 aromatic rings. The summed E-state index contributed by atoms with van der Waals surface area (Å²) in [5.74, 6) is -0.747. The van der Waals surface area contributed by atoms with Gasteiger partial charge in [-0.15, -0.1) is 0 Å². The number of pyridine rings is 2. The highest BCUT2D eigenvalue weighted by Gasteiger charge is 2.20. The molecule has 0 aliphatic rings. The second-order valence-electron chi connectivity index (χ2n) is 7.62. The summed E-state index contributed by atoms with van der Waals surface area (Å²) in [7, 11) is 0. The summed E-state index contributed by atoms with van der Waals surface area (Å²) in [5.41, 5.74) is 4.90. The zero-order valence-electron chi connectivity index (χ0n) is 17.3. The van der Waals surface area contributed by atoms with Crippen LogP contribution in [-0.4, -0.2) is 20.8 Å². The van der Waals surface area contributed by atoms with Gasteiger partial charge < -0.3 is 4.90 Å². The van der Waals surface area contributed by atoms with Crippen LogP contribution in [0.4, 0.5) is 4.39 Å². The number of aromatic nitrogens is 2. The van der Waals surface area contributed by atoms with Crippen LogP contribution in [0.5, 0.6) is 0 Å². The van der Waals surface area contributed by atoms with Crippen molar-refractivity contribution in [3.8, 4) is 0 Å². The number of amides is 1. The minimum Gasteiger partial charge on any atom is -0.330 e. The second kappa shape index (κ2) is 8.82. The lowest BCUT2D eigenvalue weighted by molar-refractivity contribution is 0.0729. The Morgan fingerprint density at radius 3 is 2.65 bits per heavy atom. The molecule has 0 saturated heterocycles. The van der Waals surface area contributed by atoms with Crippen LogP contribution in [0.15, 0.2) is 67.0 Å². The molecule has 0 spiro atoms. The Hall–Kier alpha value is -3.31. The van der Waals surface area contributed by atoms with Crippen LogP contribution in [0, 0.1) is 19.7 Å². The number of hydrogen-bond acceptors (Lipinski definition) is 3. The van der Waals surface area contributed by atoms with Crippen LogP contribution in [0.2, 0.25) is 5.15 Å². The largest absolute Gasteiger partial charge is 0.330 e. The molecule has 0 atom stereocenters. The van der Waals surface area contributed by atoms with Gasteiger partial charge in [0.25, 0.3) is 5.91 Å². The maximum absolute atomic E-state index is 13.7. The van der Waals surface area contributed by atoms with Gasteiger partial charge in [-0.2, -0.15) is 0 Å². The van der Waals surface area contributed by atoms with E-state index in [-0.39, 0.29) is 18.0 Å². The first-order valence-corrected chi connectivity index (χ1v) is 10.3. The van der Waals surface area contributed by atoms with Gasteiger partial charge in [0.05, 0.1) is 5.52 Å². The Bertz CT molecular complexity index is 1260. The predicted octanol–water partition coefficient (Wildman–Crippen LogP) is 5.88. The standard InChI is InChI=1S/C25H21ClFN3O/c1-16-9-17(2)22-12-20(24(26)29-23(22)10-16)15-30(14-18-5-4-8-28-13-18)25(31)19-6-3-7-21(27)11-19/h3-13H,14-15H2,1-2H3. The highest BCUT2D eigenvalue weighted by molar-refractivity contribution is 6.30. The molecule has 0 aliphatic heterocycles. The molecule has 0 radical (unpaired) electrons. The molecule has 2 heterocycles. The predicted molar refractivity (Wildman–Crippen MR) is 120 cm³/mol. The number of hydrogen-bond donors (Lipinski definition) is 0. The van der Waals surface area contributed by atoms with E-state index in [0.29, 0.717) is 11.7 Å². The van der Waals surface area contributed by atoms with E-state index < -0.39 is 5.82 Å². The van der Waals surface area contributed by atoms with Crippen LogP contribution in [-0.2, 0) is 13.1 Å². The molecule has 0 bridgehead atoms. The third kappa shape index (κ3) is 4.72. The van der Waals surface area contributed by atoms with E-state index in [1.807, 2.05) is 38.1 Å². The Morgan fingerprint density at radius 1 is 1.06 bits per heavy atom. The minimum atomic E-state index is -0.455. The maximum Gasteiger partial charge on any atom is 0.254 e. The van der Waals surface area contributed by atoms with Gasteiger partial charge in [-0.1, -0.05) is 29.8 Å². The molecular weight excluding hydrogens is 413 g/mol. The first-order valence-electron chi connectivity index (χ1n) is 9.91. The molecule has 4 nitrogen and oxygen atoms in total. The van der Waals surface area contributed by atoms with Crippen molar-refractivity contribution < 1.29 is 9.18 Å². The number of rotatable bonds is 5.